The van der Waals surface area contributed by atoms with Gasteiger partial charge in [0, 0.05) is 18.8 Å². The van der Waals surface area contributed by atoms with Crippen molar-refractivity contribution >= 4 is 29.2 Å². The molecule has 1 unspecified atom stereocenters. The first kappa shape index (κ1) is 13.6. The lowest BCUT2D eigenvalue weighted by Crippen LogP contribution is -2.32. The zero-order valence-corrected chi connectivity index (χ0v) is 11.1. The van der Waals surface area contributed by atoms with Crippen molar-refractivity contribution in [1.29, 1.82) is 0 Å². The second kappa shape index (κ2) is 5.77. The number of pyridine rings is 1. The zero-order chi connectivity index (χ0) is 13.0. The molecule has 0 fully saturated rings. The number of carbonyl (C=O) groups is 1. The number of rotatable bonds is 5. The molecule has 0 saturated carbocycles. The Hall–Kier alpha value is -1.43. The highest BCUT2D eigenvalue weighted by molar-refractivity contribution is 7.98. The van der Waals surface area contributed by atoms with E-state index in [-0.39, 0.29) is 11.7 Å². The minimum atomic E-state index is -0.544. The van der Waals surface area contributed by atoms with Gasteiger partial charge in [0.15, 0.2) is 5.82 Å². The van der Waals surface area contributed by atoms with Crippen molar-refractivity contribution < 1.29 is 4.79 Å². The first-order valence-corrected chi connectivity index (χ1v) is 6.64. The fourth-order valence-corrected chi connectivity index (χ4v) is 2.15. The van der Waals surface area contributed by atoms with E-state index in [0.717, 1.165) is 5.75 Å². The molecule has 94 valence electrons. The van der Waals surface area contributed by atoms with Crippen LogP contribution >= 0.6 is 11.8 Å². The van der Waals surface area contributed by atoms with Crippen molar-refractivity contribution in [3.8, 4) is 0 Å². The first-order chi connectivity index (χ1) is 7.97. The molecule has 1 heterocycles. The predicted octanol–water partition coefficient (Wildman–Crippen LogP) is 0.950. The maximum absolute atomic E-state index is 11.1. The van der Waals surface area contributed by atoms with E-state index in [2.05, 4.69) is 11.9 Å². The molecule has 0 radical (unpaired) electrons. The van der Waals surface area contributed by atoms with Gasteiger partial charge >= 0.3 is 0 Å². The number of primary amides is 1. The molecule has 0 bridgehead atoms. The van der Waals surface area contributed by atoms with Crippen molar-refractivity contribution in [2.24, 2.45) is 5.73 Å². The molecule has 0 saturated heterocycles. The van der Waals surface area contributed by atoms with E-state index in [0.29, 0.717) is 11.5 Å². The highest BCUT2D eigenvalue weighted by Gasteiger charge is 2.15. The Balaban J connectivity index is 3.03. The number of hydrogen-bond donors (Lipinski definition) is 2. The summed E-state index contributed by atoms with van der Waals surface area (Å²) in [5.74, 6) is 1.01. The molecule has 1 aromatic heterocycles. The standard InChI is InChI=1S/C11H18N4OS/c1-7(6-17-3)15(2)11-8(12)4-5-9(14-11)10(13)16/h4-5,7H,6,12H2,1-3H3,(H2,13,16). The second-order valence-electron chi connectivity index (χ2n) is 3.89. The van der Waals surface area contributed by atoms with Gasteiger partial charge in [0.2, 0.25) is 0 Å². The van der Waals surface area contributed by atoms with Crippen LogP contribution in [-0.4, -0.2) is 36.0 Å². The largest absolute Gasteiger partial charge is 0.396 e. The van der Waals surface area contributed by atoms with Gasteiger partial charge < -0.3 is 16.4 Å². The van der Waals surface area contributed by atoms with Gasteiger partial charge in [0.05, 0.1) is 5.69 Å². The van der Waals surface area contributed by atoms with Crippen LogP contribution in [-0.2, 0) is 0 Å². The Kier molecular flexibility index (Phi) is 4.62. The van der Waals surface area contributed by atoms with Gasteiger partial charge in [-0.15, -0.1) is 0 Å². The minimum absolute atomic E-state index is 0.234. The molecule has 6 heteroatoms. The summed E-state index contributed by atoms with van der Waals surface area (Å²) in [6, 6.07) is 3.47. The summed E-state index contributed by atoms with van der Waals surface area (Å²) in [5.41, 5.74) is 11.8. The Morgan fingerprint density at radius 2 is 2.24 bits per heavy atom. The Labute approximate surface area is 106 Å². The molecule has 5 nitrogen and oxygen atoms in total. The Bertz CT molecular complexity index is 410. The summed E-state index contributed by atoms with van der Waals surface area (Å²) in [5, 5.41) is 0. The summed E-state index contributed by atoms with van der Waals surface area (Å²) in [6.45, 7) is 2.08. The number of nitrogens with two attached hydrogens (primary N) is 2. The van der Waals surface area contributed by atoms with Crippen LogP contribution in [0.15, 0.2) is 12.1 Å². The van der Waals surface area contributed by atoms with Gasteiger partial charge in [0.25, 0.3) is 5.91 Å². The molecule has 0 aromatic carbocycles. The number of amides is 1. The SMILES string of the molecule is CSCC(C)N(C)c1nc(C(N)=O)ccc1N. The molecule has 0 aliphatic heterocycles. The topological polar surface area (TPSA) is 85.2 Å². The molecule has 0 aliphatic rings. The smallest absolute Gasteiger partial charge is 0.267 e. The van der Waals surface area contributed by atoms with Crippen molar-refractivity contribution in [1.82, 2.24) is 4.98 Å². The fraction of sp³-hybridized carbons (Fsp3) is 0.455. The summed E-state index contributed by atoms with van der Waals surface area (Å²) in [4.78, 5) is 17.2. The average Bonchev–Trinajstić information content (AvgIpc) is 2.28. The summed E-state index contributed by atoms with van der Waals surface area (Å²) in [6.07, 6.45) is 2.04. The molecular formula is C11H18N4OS. The van der Waals surface area contributed by atoms with Crippen LogP contribution in [0.4, 0.5) is 11.5 Å². The van der Waals surface area contributed by atoms with Gasteiger partial charge in [-0.25, -0.2) is 4.98 Å². The molecule has 1 amide bonds. The number of nitrogen functional groups attached to an aromatic ring is 1. The molecule has 0 aliphatic carbocycles. The van der Waals surface area contributed by atoms with Gasteiger partial charge in [-0.05, 0) is 25.3 Å². The molecule has 0 spiro atoms. The van der Waals surface area contributed by atoms with Crippen LogP contribution in [0.2, 0.25) is 0 Å². The third kappa shape index (κ3) is 3.26. The number of thioether (sulfide) groups is 1. The lowest BCUT2D eigenvalue weighted by atomic mass is 10.2. The van der Waals surface area contributed by atoms with Crippen molar-refractivity contribution in [3.05, 3.63) is 17.8 Å². The van der Waals surface area contributed by atoms with Gasteiger partial charge in [0.1, 0.15) is 5.69 Å². The normalized spacial score (nSPS) is 12.2. The average molecular weight is 254 g/mol. The predicted molar refractivity (Wildman–Crippen MR) is 73.4 cm³/mol. The summed E-state index contributed by atoms with van der Waals surface area (Å²) < 4.78 is 0. The van der Waals surface area contributed by atoms with Crippen molar-refractivity contribution in [2.45, 2.75) is 13.0 Å². The molecule has 1 aromatic rings. The lowest BCUT2D eigenvalue weighted by Gasteiger charge is -2.26. The monoisotopic (exact) mass is 254 g/mol. The fourth-order valence-electron chi connectivity index (χ4n) is 1.44. The van der Waals surface area contributed by atoms with E-state index in [1.807, 2.05) is 18.2 Å². The minimum Gasteiger partial charge on any atom is -0.396 e. The van der Waals surface area contributed by atoms with Crippen LogP contribution in [0.5, 0.6) is 0 Å². The lowest BCUT2D eigenvalue weighted by molar-refractivity contribution is 0.0995. The first-order valence-electron chi connectivity index (χ1n) is 5.25. The van der Waals surface area contributed by atoms with E-state index in [1.165, 1.54) is 6.07 Å². The van der Waals surface area contributed by atoms with Crippen LogP contribution < -0.4 is 16.4 Å². The number of anilines is 2. The molecular weight excluding hydrogens is 236 g/mol. The van der Waals surface area contributed by atoms with E-state index in [1.54, 1.807) is 17.8 Å². The summed E-state index contributed by atoms with van der Waals surface area (Å²) in [7, 11) is 1.91. The number of hydrogen-bond acceptors (Lipinski definition) is 5. The van der Waals surface area contributed by atoms with Gasteiger partial charge in [-0.1, -0.05) is 0 Å². The van der Waals surface area contributed by atoms with E-state index in [4.69, 9.17) is 11.5 Å². The molecule has 1 atom stereocenters. The van der Waals surface area contributed by atoms with Crippen LogP contribution in [0.25, 0.3) is 0 Å². The van der Waals surface area contributed by atoms with E-state index < -0.39 is 5.91 Å². The van der Waals surface area contributed by atoms with E-state index >= 15 is 0 Å². The summed E-state index contributed by atoms with van der Waals surface area (Å²) >= 11 is 1.75. The maximum Gasteiger partial charge on any atom is 0.267 e. The Morgan fingerprint density at radius 1 is 1.59 bits per heavy atom. The zero-order valence-electron chi connectivity index (χ0n) is 10.3. The quantitative estimate of drug-likeness (QED) is 0.817. The number of carbonyl (C=O) groups excluding carboxylic acids is 1. The highest BCUT2D eigenvalue weighted by atomic mass is 32.2. The van der Waals surface area contributed by atoms with Crippen LogP contribution in [0, 0.1) is 0 Å². The van der Waals surface area contributed by atoms with Crippen molar-refractivity contribution in [2.75, 3.05) is 29.7 Å². The molecule has 4 N–H and O–H groups in total. The number of nitrogens with zero attached hydrogens (tertiary/aromatic N) is 2. The van der Waals surface area contributed by atoms with Gasteiger partial charge in [-0.2, -0.15) is 11.8 Å². The maximum atomic E-state index is 11.1. The highest BCUT2D eigenvalue weighted by Crippen LogP contribution is 2.22. The molecule has 1 rings (SSSR count). The van der Waals surface area contributed by atoms with Crippen LogP contribution in [0.3, 0.4) is 0 Å². The third-order valence-electron chi connectivity index (χ3n) is 2.56. The number of aromatic nitrogens is 1. The second-order valence-corrected chi connectivity index (χ2v) is 4.80. The molecule has 17 heavy (non-hydrogen) atoms. The Morgan fingerprint density at radius 3 is 2.76 bits per heavy atom. The van der Waals surface area contributed by atoms with Crippen molar-refractivity contribution in [3.63, 3.8) is 0 Å². The van der Waals surface area contributed by atoms with Crippen LogP contribution in [0.1, 0.15) is 17.4 Å². The van der Waals surface area contributed by atoms with Gasteiger partial charge in [-0.3, -0.25) is 4.79 Å². The third-order valence-corrected chi connectivity index (χ3v) is 3.38. The van der Waals surface area contributed by atoms with E-state index in [9.17, 15) is 4.79 Å².